The largest absolute Gasteiger partial charge is 0.352 e. The zero-order valence-corrected chi connectivity index (χ0v) is 17.5. The summed E-state index contributed by atoms with van der Waals surface area (Å²) in [5.74, 6) is 2.78. The van der Waals surface area contributed by atoms with E-state index in [0.29, 0.717) is 0 Å². The second-order valence-electron chi connectivity index (χ2n) is 7.12. The van der Waals surface area contributed by atoms with E-state index in [9.17, 15) is 0 Å². The van der Waals surface area contributed by atoms with Gasteiger partial charge in [0.1, 0.15) is 12.7 Å². The third-order valence-electron chi connectivity index (χ3n) is 5.56. The zero-order valence-electron chi connectivity index (χ0n) is 15.2. The van der Waals surface area contributed by atoms with Gasteiger partial charge in [-0.1, -0.05) is 25.0 Å². The molecule has 2 aliphatic rings. The second kappa shape index (κ2) is 8.83. The first-order valence-electron chi connectivity index (χ1n) is 9.23. The molecule has 26 heavy (non-hydrogen) atoms. The highest BCUT2D eigenvalue weighted by Crippen LogP contribution is 2.35. The number of hydrogen-bond donors (Lipinski definition) is 1. The lowest BCUT2D eigenvalue weighted by Crippen LogP contribution is -2.39. The van der Waals surface area contributed by atoms with E-state index in [1.807, 2.05) is 7.05 Å². The fourth-order valence-electron chi connectivity index (χ4n) is 4.20. The van der Waals surface area contributed by atoms with Crippen LogP contribution in [-0.4, -0.2) is 45.8 Å². The Labute approximate surface area is 172 Å². The number of guanidine groups is 1. The molecule has 0 spiro atoms. The van der Waals surface area contributed by atoms with E-state index in [0.717, 1.165) is 43.1 Å². The summed E-state index contributed by atoms with van der Waals surface area (Å²) in [5, 5.41) is 7.69. The number of nitrogens with one attached hydrogen (secondary N) is 1. The van der Waals surface area contributed by atoms with Gasteiger partial charge < -0.3 is 10.2 Å². The fraction of sp³-hybridized carbons (Fsp3) is 0.526. The van der Waals surface area contributed by atoms with Gasteiger partial charge >= 0.3 is 0 Å². The number of likely N-dealkylation sites (tertiary alicyclic amines) is 1. The number of nitrogens with zero attached hydrogens (tertiary/aromatic N) is 5. The van der Waals surface area contributed by atoms with Crippen molar-refractivity contribution in [2.45, 2.75) is 32.2 Å². The highest BCUT2D eigenvalue weighted by molar-refractivity contribution is 14.0. The predicted molar refractivity (Wildman–Crippen MR) is 114 cm³/mol. The van der Waals surface area contributed by atoms with E-state index in [4.69, 9.17) is 0 Å². The molecule has 2 heterocycles. The van der Waals surface area contributed by atoms with E-state index in [2.05, 4.69) is 49.6 Å². The summed E-state index contributed by atoms with van der Waals surface area (Å²) in [6.45, 7) is 3.11. The Morgan fingerprint density at radius 3 is 2.42 bits per heavy atom. The number of aliphatic imine (C=N–C) groups is 1. The molecule has 140 valence electrons. The van der Waals surface area contributed by atoms with Gasteiger partial charge in [-0.05, 0) is 42.4 Å². The molecule has 6 nitrogen and oxygen atoms in total. The van der Waals surface area contributed by atoms with Crippen LogP contribution in [0, 0.1) is 11.8 Å². The number of benzene rings is 1. The van der Waals surface area contributed by atoms with Crippen molar-refractivity contribution >= 4 is 29.9 Å². The molecular weight excluding hydrogens is 439 g/mol. The smallest absolute Gasteiger partial charge is 0.193 e. The summed E-state index contributed by atoms with van der Waals surface area (Å²) in [4.78, 5) is 10.9. The number of hydrogen-bond acceptors (Lipinski definition) is 3. The first-order valence-corrected chi connectivity index (χ1v) is 9.23. The van der Waals surface area contributed by atoms with Crippen LogP contribution in [0.4, 0.5) is 0 Å². The van der Waals surface area contributed by atoms with Crippen LogP contribution < -0.4 is 5.32 Å². The monoisotopic (exact) mass is 466 g/mol. The Kier molecular flexibility index (Phi) is 6.50. The van der Waals surface area contributed by atoms with Crippen molar-refractivity contribution in [1.82, 2.24) is 25.0 Å². The molecule has 0 bridgehead atoms. The van der Waals surface area contributed by atoms with E-state index < -0.39 is 0 Å². The number of halogens is 1. The van der Waals surface area contributed by atoms with Crippen molar-refractivity contribution in [2.24, 2.45) is 16.8 Å². The van der Waals surface area contributed by atoms with Crippen LogP contribution in [0.25, 0.3) is 5.69 Å². The van der Waals surface area contributed by atoms with Crippen molar-refractivity contribution in [2.75, 3.05) is 20.1 Å². The zero-order chi connectivity index (χ0) is 17.1. The third kappa shape index (κ3) is 4.19. The molecule has 1 saturated heterocycles. The molecule has 1 aliphatic carbocycles. The summed E-state index contributed by atoms with van der Waals surface area (Å²) >= 11 is 0. The van der Waals surface area contributed by atoms with Crippen LogP contribution >= 0.6 is 24.0 Å². The molecule has 2 unspecified atom stereocenters. The molecule has 2 atom stereocenters. The van der Waals surface area contributed by atoms with E-state index >= 15 is 0 Å². The van der Waals surface area contributed by atoms with Crippen LogP contribution in [0.1, 0.15) is 31.2 Å². The number of rotatable bonds is 3. The Balaban J connectivity index is 0.00000196. The van der Waals surface area contributed by atoms with Crippen LogP contribution in [-0.2, 0) is 6.54 Å². The average Bonchev–Trinajstić information content (AvgIpc) is 3.32. The maximum absolute atomic E-state index is 4.51. The van der Waals surface area contributed by atoms with Crippen molar-refractivity contribution in [3.8, 4) is 5.69 Å². The molecule has 1 N–H and O–H groups in total. The minimum atomic E-state index is 0. The molecule has 2 aromatic rings. The minimum Gasteiger partial charge on any atom is -0.352 e. The summed E-state index contributed by atoms with van der Waals surface area (Å²) in [5.41, 5.74) is 2.26. The van der Waals surface area contributed by atoms with Crippen molar-refractivity contribution in [3.63, 3.8) is 0 Å². The minimum absolute atomic E-state index is 0. The van der Waals surface area contributed by atoms with Crippen LogP contribution in [0.5, 0.6) is 0 Å². The SMILES string of the molecule is CN=C(NCc1ccc(-n2cncn2)cc1)N1CC2CCCCC2C1.I. The predicted octanol–water partition coefficient (Wildman–Crippen LogP) is 3.08. The highest BCUT2D eigenvalue weighted by atomic mass is 127. The maximum Gasteiger partial charge on any atom is 0.193 e. The Hall–Kier alpha value is -1.64. The number of fused-ring (bicyclic) bond motifs is 1. The van der Waals surface area contributed by atoms with Gasteiger partial charge in [0.25, 0.3) is 0 Å². The van der Waals surface area contributed by atoms with Gasteiger partial charge in [-0.2, -0.15) is 5.10 Å². The standard InChI is InChI=1S/C19H26N6.HI/c1-20-19(24-11-16-4-2-3-5-17(16)12-24)22-10-15-6-8-18(9-7-15)25-14-21-13-23-25;/h6-9,13-14,16-17H,2-5,10-12H2,1H3,(H,20,22);1H. The molecule has 1 saturated carbocycles. The lowest BCUT2D eigenvalue weighted by atomic mass is 9.82. The summed E-state index contributed by atoms with van der Waals surface area (Å²) in [6, 6.07) is 8.39. The normalized spacial score (nSPS) is 22.7. The second-order valence-corrected chi connectivity index (χ2v) is 7.12. The van der Waals surface area contributed by atoms with E-state index in [1.165, 1.54) is 31.2 Å². The van der Waals surface area contributed by atoms with Crippen LogP contribution in [0.2, 0.25) is 0 Å². The van der Waals surface area contributed by atoms with Gasteiger partial charge in [-0.15, -0.1) is 24.0 Å². The third-order valence-corrected chi connectivity index (χ3v) is 5.56. The molecule has 1 aliphatic heterocycles. The van der Waals surface area contributed by atoms with E-state index in [-0.39, 0.29) is 24.0 Å². The summed E-state index contributed by atoms with van der Waals surface area (Å²) in [6.07, 6.45) is 8.84. The van der Waals surface area contributed by atoms with Crippen molar-refractivity contribution < 1.29 is 0 Å². The highest BCUT2D eigenvalue weighted by Gasteiger charge is 2.35. The molecule has 1 aromatic heterocycles. The van der Waals surface area contributed by atoms with Crippen molar-refractivity contribution in [1.29, 1.82) is 0 Å². The summed E-state index contributed by atoms with van der Waals surface area (Å²) < 4.78 is 1.77. The lowest BCUT2D eigenvalue weighted by Gasteiger charge is -2.22. The lowest BCUT2D eigenvalue weighted by molar-refractivity contribution is 0.299. The molecule has 0 amide bonds. The molecule has 7 heteroatoms. The van der Waals surface area contributed by atoms with Gasteiger partial charge in [0.05, 0.1) is 5.69 Å². The molecule has 0 radical (unpaired) electrons. The van der Waals surface area contributed by atoms with Gasteiger partial charge in [0.15, 0.2) is 5.96 Å². The van der Waals surface area contributed by atoms with Crippen LogP contribution in [0.15, 0.2) is 41.9 Å². The van der Waals surface area contributed by atoms with Gasteiger partial charge in [-0.25, -0.2) is 9.67 Å². The average molecular weight is 466 g/mol. The Morgan fingerprint density at radius 2 is 1.85 bits per heavy atom. The van der Waals surface area contributed by atoms with Crippen LogP contribution in [0.3, 0.4) is 0 Å². The molecule has 1 aromatic carbocycles. The van der Waals surface area contributed by atoms with Crippen molar-refractivity contribution in [3.05, 3.63) is 42.5 Å². The van der Waals surface area contributed by atoms with Gasteiger partial charge in [-0.3, -0.25) is 4.99 Å². The maximum atomic E-state index is 4.51. The molecule has 2 fully saturated rings. The van der Waals surface area contributed by atoms with Gasteiger partial charge in [0, 0.05) is 26.7 Å². The molecule has 4 rings (SSSR count). The fourth-order valence-corrected chi connectivity index (χ4v) is 4.20. The molecular formula is C19H27IN6. The first-order chi connectivity index (χ1) is 12.3. The first kappa shape index (κ1) is 19.1. The Morgan fingerprint density at radius 1 is 1.15 bits per heavy atom. The Bertz CT molecular complexity index is 698. The van der Waals surface area contributed by atoms with E-state index in [1.54, 1.807) is 17.3 Å². The summed E-state index contributed by atoms with van der Waals surface area (Å²) in [7, 11) is 1.89. The quantitative estimate of drug-likeness (QED) is 0.429. The number of aromatic nitrogens is 3. The topological polar surface area (TPSA) is 58.3 Å². The van der Waals surface area contributed by atoms with Gasteiger partial charge in [0.2, 0.25) is 0 Å².